The smallest absolute Gasteiger partial charge is 0.160 e. The summed E-state index contributed by atoms with van der Waals surface area (Å²) in [7, 11) is 0. The number of carbonyl (C=O) groups excluding carboxylic acids is 2. The molecule has 88 heavy (non-hydrogen) atoms. The van der Waals surface area contributed by atoms with Gasteiger partial charge in [-0.05, 0) is 142 Å². The van der Waals surface area contributed by atoms with Crippen LogP contribution in [0.3, 0.4) is 0 Å². The third-order valence-electron chi connectivity index (χ3n) is 19.5. The van der Waals surface area contributed by atoms with Gasteiger partial charge in [0.15, 0.2) is 12.6 Å². The molecule has 0 saturated heterocycles. The summed E-state index contributed by atoms with van der Waals surface area (Å²) in [5, 5.41) is 0. The van der Waals surface area contributed by atoms with Gasteiger partial charge in [-0.3, -0.25) is 9.59 Å². The molecule has 8 aromatic heterocycles. The van der Waals surface area contributed by atoms with E-state index in [2.05, 4.69) is 149 Å². The number of rotatable bonds is 26. The molecule has 0 spiro atoms. The van der Waals surface area contributed by atoms with Crippen LogP contribution in [0.15, 0.2) is 121 Å². The quantitative estimate of drug-likeness (QED) is 0.0400. The number of hydrogen-bond donors (Lipinski definition) is 0. The second-order valence-corrected chi connectivity index (χ2v) is 33.4. The first-order chi connectivity index (χ1) is 43.3. The van der Waals surface area contributed by atoms with Gasteiger partial charge in [0.25, 0.3) is 0 Å². The Balaban J connectivity index is 1.03. The Hall–Kier alpha value is -5.40. The molecule has 15 rings (SSSR count). The molecule has 0 bridgehead atoms. The minimum absolute atomic E-state index is 0.629. The largest absolute Gasteiger partial charge is 0.297 e. The normalized spacial score (nSPS) is 14.0. The summed E-state index contributed by atoms with van der Waals surface area (Å²) in [4.78, 5) is 29.0. The van der Waals surface area contributed by atoms with Crippen molar-refractivity contribution in [2.75, 3.05) is 0 Å². The van der Waals surface area contributed by atoms with E-state index in [4.69, 9.17) is 0 Å². The zero-order valence-corrected chi connectivity index (χ0v) is 57.5. The van der Waals surface area contributed by atoms with E-state index < -0.39 is 10.8 Å². The molecule has 2 aliphatic carbocycles. The van der Waals surface area contributed by atoms with Gasteiger partial charge >= 0.3 is 0 Å². The second-order valence-electron chi connectivity index (χ2n) is 25.0. The van der Waals surface area contributed by atoms with Crippen LogP contribution in [0.4, 0.5) is 0 Å². The molecule has 8 heterocycles. The first kappa shape index (κ1) is 58.9. The van der Waals surface area contributed by atoms with E-state index in [9.17, 15) is 9.59 Å². The fraction of sp³-hybridized carbons (Fsp3) is 0.333. The molecule has 0 N–H and O–H groups in total. The Labute approximate surface area is 550 Å². The summed E-state index contributed by atoms with van der Waals surface area (Å²) in [6.07, 6.45) is 26.3. The van der Waals surface area contributed by atoms with Crippen LogP contribution < -0.4 is 0 Å². The first-order valence-electron chi connectivity index (χ1n) is 32.7. The van der Waals surface area contributed by atoms with E-state index in [0.29, 0.717) is 0 Å². The highest BCUT2D eigenvalue weighted by Gasteiger charge is 2.55. The van der Waals surface area contributed by atoms with Crippen LogP contribution in [0.1, 0.15) is 217 Å². The van der Waals surface area contributed by atoms with Gasteiger partial charge in [0.05, 0.1) is 67.6 Å². The third kappa shape index (κ3) is 9.60. The molecular formula is C78H74O2S8. The van der Waals surface area contributed by atoms with Crippen molar-refractivity contribution >= 4 is 160 Å². The lowest BCUT2D eigenvalue weighted by Gasteiger charge is -2.36. The molecule has 2 nitrogen and oxygen atoms in total. The van der Waals surface area contributed by atoms with Crippen LogP contribution in [-0.2, 0) is 36.5 Å². The molecule has 0 saturated carbocycles. The summed E-state index contributed by atoms with van der Waals surface area (Å²) in [5.41, 5.74) is 18.1. The Morgan fingerprint density at radius 2 is 0.602 bits per heavy atom. The van der Waals surface area contributed by atoms with Crippen molar-refractivity contribution in [2.45, 2.75) is 167 Å². The molecule has 446 valence electrons. The molecule has 0 fully saturated rings. The van der Waals surface area contributed by atoms with Crippen molar-refractivity contribution in [3.63, 3.8) is 0 Å². The Bertz CT molecular complexity index is 4300. The lowest BCUT2D eigenvalue weighted by atomic mass is 9.65. The molecule has 10 heteroatoms. The average molecular weight is 1300 g/mol. The molecule has 0 radical (unpaired) electrons. The number of fused-ring (bicyclic) bond motifs is 18. The number of unbranched alkanes of at least 4 members (excludes halogenated alkanes) is 12. The number of carbonyl (C=O) groups is 2. The molecule has 0 amide bonds. The molecular weight excluding hydrogens is 1230 g/mol. The van der Waals surface area contributed by atoms with Crippen LogP contribution in [0.2, 0.25) is 0 Å². The lowest BCUT2D eigenvalue weighted by molar-refractivity contribution is 0.111. The van der Waals surface area contributed by atoms with Crippen molar-refractivity contribution < 1.29 is 9.59 Å². The minimum atomic E-state index is -0.629. The number of aldehydes is 2. The van der Waals surface area contributed by atoms with E-state index >= 15 is 0 Å². The van der Waals surface area contributed by atoms with Crippen LogP contribution in [0.25, 0.3) is 77.3 Å². The van der Waals surface area contributed by atoms with Gasteiger partial charge in [-0.25, -0.2) is 0 Å². The topological polar surface area (TPSA) is 34.1 Å². The summed E-state index contributed by atoms with van der Waals surface area (Å²) in [6.45, 7) is 9.22. The van der Waals surface area contributed by atoms with E-state index in [1.165, 1.54) is 247 Å². The zero-order chi connectivity index (χ0) is 59.7. The predicted molar refractivity (Wildman–Crippen MR) is 391 cm³/mol. The summed E-state index contributed by atoms with van der Waals surface area (Å²) < 4.78 is 15.9. The van der Waals surface area contributed by atoms with Crippen molar-refractivity contribution in [3.05, 3.63) is 198 Å². The number of thiophene rings is 8. The number of hydrogen-bond acceptors (Lipinski definition) is 10. The van der Waals surface area contributed by atoms with Gasteiger partial charge in [0, 0.05) is 30.3 Å². The maximum atomic E-state index is 12.3. The summed E-state index contributed by atoms with van der Waals surface area (Å²) in [6, 6.07) is 49.6. The molecule has 0 unspecified atom stereocenters. The van der Waals surface area contributed by atoms with Gasteiger partial charge in [-0.2, -0.15) is 0 Å². The maximum absolute atomic E-state index is 12.3. The number of aryl methyl sites for hydroxylation is 4. The number of benzene rings is 5. The predicted octanol–water partition coefficient (Wildman–Crippen LogP) is 25.9. The van der Waals surface area contributed by atoms with Crippen molar-refractivity contribution in [1.29, 1.82) is 0 Å². The van der Waals surface area contributed by atoms with Crippen molar-refractivity contribution in [2.24, 2.45) is 0 Å². The third-order valence-corrected chi connectivity index (χ3v) is 30.2. The summed E-state index contributed by atoms with van der Waals surface area (Å²) in [5.74, 6) is 0. The molecule has 2 aliphatic rings. The SMILES string of the molecule is CCCCCCc1ccc(C2(c3ccc(CCCCCC)cc3)c3cc4c(cc3-c3sc5c(sc6c7sc(C=O)cc7sc56)c32)C(c2ccc(CCCCCC)cc2)(c2ccc(CCCCCC)cc2)c2c-4sc3c2sc2c4sc(C=O)cc4sc32)cc1. The minimum Gasteiger partial charge on any atom is -0.297 e. The van der Waals surface area contributed by atoms with Gasteiger partial charge in [0.2, 0.25) is 0 Å². The van der Waals surface area contributed by atoms with Gasteiger partial charge in [-0.15, -0.1) is 90.7 Å². The van der Waals surface area contributed by atoms with Crippen LogP contribution in [-0.4, -0.2) is 12.6 Å². The second kappa shape index (κ2) is 24.7. The van der Waals surface area contributed by atoms with E-state index in [0.717, 1.165) is 48.0 Å². The zero-order valence-electron chi connectivity index (χ0n) is 50.9. The van der Waals surface area contributed by atoms with Gasteiger partial charge < -0.3 is 0 Å². The van der Waals surface area contributed by atoms with Gasteiger partial charge in [0.1, 0.15) is 0 Å². The molecule has 13 aromatic rings. The van der Waals surface area contributed by atoms with Crippen LogP contribution in [0, 0.1) is 0 Å². The van der Waals surface area contributed by atoms with Crippen molar-refractivity contribution in [1.82, 2.24) is 0 Å². The van der Waals surface area contributed by atoms with E-state index in [1.807, 2.05) is 68.0 Å². The Kier molecular flexibility index (Phi) is 16.5. The monoisotopic (exact) mass is 1300 g/mol. The average Bonchev–Trinajstić information content (AvgIpc) is 1.51. The Morgan fingerprint density at radius 1 is 0.307 bits per heavy atom. The standard InChI is InChI=1S/C78H74O2S8/c1-5-9-13-17-21-47-25-33-51(34-26-47)77(52-35-27-48(28-36-52)22-18-14-10-6-2)59-43-58-60(44-57(59)65-63(77)69-73(85-65)75-71(87-69)67-61(83-75)41-55(45-79)81-67)78(53-37-29-49(30-38-53)23-19-15-11-7-3,54-39-31-50(32-40-54)24-20-16-12-8-4)64-66(58)86-74-70(64)88-72-68-62(84-76(72)74)42-56(46-80)82-68/h25-46H,5-24H2,1-4H3. The first-order valence-corrected chi connectivity index (χ1v) is 39.2. The van der Waals surface area contributed by atoms with E-state index in [-0.39, 0.29) is 0 Å². The van der Waals surface area contributed by atoms with Crippen LogP contribution >= 0.6 is 90.7 Å². The highest BCUT2D eigenvalue weighted by molar-refractivity contribution is 7.46. The van der Waals surface area contributed by atoms with Gasteiger partial charge in [-0.1, -0.05) is 202 Å². The fourth-order valence-electron chi connectivity index (χ4n) is 15.1. The van der Waals surface area contributed by atoms with Crippen molar-refractivity contribution in [3.8, 4) is 20.9 Å². The highest BCUT2D eigenvalue weighted by Crippen LogP contribution is 2.70. The fourth-order valence-corrected chi connectivity index (χ4v) is 26.7. The van der Waals surface area contributed by atoms with Crippen LogP contribution in [0.5, 0.6) is 0 Å². The Morgan fingerprint density at radius 3 is 0.898 bits per heavy atom. The summed E-state index contributed by atoms with van der Waals surface area (Å²) >= 11 is 15.1. The molecule has 5 aromatic carbocycles. The molecule has 0 atom stereocenters. The van der Waals surface area contributed by atoms with E-state index in [1.54, 1.807) is 22.7 Å². The molecule has 0 aliphatic heterocycles. The lowest BCUT2D eigenvalue weighted by Crippen LogP contribution is -2.30. The maximum Gasteiger partial charge on any atom is 0.160 e. The highest BCUT2D eigenvalue weighted by atomic mass is 32.1.